The molecule has 1 saturated carbocycles. The van der Waals surface area contributed by atoms with Crippen LogP contribution >= 0.6 is 0 Å². The molecule has 0 saturated heterocycles. The van der Waals surface area contributed by atoms with Crippen molar-refractivity contribution in [2.24, 2.45) is 0 Å². The zero-order chi connectivity index (χ0) is 21.1. The van der Waals surface area contributed by atoms with Crippen LogP contribution in [-0.4, -0.2) is 31.2 Å². The number of carbonyl (C=O) groups is 1. The Kier molecular flexibility index (Phi) is 5.84. The second-order valence-electron chi connectivity index (χ2n) is 7.59. The predicted molar refractivity (Wildman–Crippen MR) is 115 cm³/mol. The SMILES string of the molecule is COc1ccc(-c2cc(C(=O)NC3CCCCC3)c3cc(F)ccc3n2)c(OC)c1. The largest absolute Gasteiger partial charge is 0.497 e. The number of halogens is 1. The summed E-state index contributed by atoms with van der Waals surface area (Å²) in [6, 6.07) is 11.6. The van der Waals surface area contributed by atoms with E-state index in [1.54, 1.807) is 32.4 Å². The van der Waals surface area contributed by atoms with Gasteiger partial charge in [0, 0.05) is 23.1 Å². The average molecular weight is 408 g/mol. The van der Waals surface area contributed by atoms with E-state index in [1.807, 2.05) is 12.1 Å². The molecule has 1 aromatic heterocycles. The summed E-state index contributed by atoms with van der Waals surface area (Å²) in [5, 5.41) is 3.63. The fourth-order valence-electron chi connectivity index (χ4n) is 4.04. The van der Waals surface area contributed by atoms with E-state index >= 15 is 0 Å². The lowest BCUT2D eigenvalue weighted by Crippen LogP contribution is -2.36. The summed E-state index contributed by atoms with van der Waals surface area (Å²) in [7, 11) is 3.16. The molecule has 4 rings (SSSR count). The van der Waals surface area contributed by atoms with E-state index < -0.39 is 5.82 Å². The maximum absolute atomic E-state index is 14.0. The highest BCUT2D eigenvalue weighted by Gasteiger charge is 2.21. The number of nitrogens with one attached hydrogen (secondary N) is 1. The number of carbonyl (C=O) groups excluding carboxylic acids is 1. The van der Waals surface area contributed by atoms with Crippen LogP contribution in [-0.2, 0) is 0 Å². The second kappa shape index (κ2) is 8.69. The number of methoxy groups -OCH3 is 2. The van der Waals surface area contributed by atoms with Crippen molar-refractivity contribution in [2.75, 3.05) is 14.2 Å². The van der Waals surface area contributed by atoms with Gasteiger partial charge >= 0.3 is 0 Å². The van der Waals surface area contributed by atoms with Crippen molar-refractivity contribution in [3.8, 4) is 22.8 Å². The molecule has 156 valence electrons. The Morgan fingerprint density at radius 1 is 1.03 bits per heavy atom. The van der Waals surface area contributed by atoms with Crippen molar-refractivity contribution >= 4 is 16.8 Å². The number of hydrogen-bond acceptors (Lipinski definition) is 4. The first-order chi connectivity index (χ1) is 14.6. The first-order valence-corrected chi connectivity index (χ1v) is 10.2. The standard InChI is InChI=1S/C24H25FN2O3/c1-29-17-9-10-18(23(13-17)30-2)22-14-20(19-12-15(25)8-11-21(19)27-22)24(28)26-16-6-4-3-5-7-16/h8-14,16H,3-7H2,1-2H3,(H,26,28). The van der Waals surface area contributed by atoms with E-state index in [0.717, 1.165) is 31.2 Å². The molecule has 5 nitrogen and oxygen atoms in total. The number of fused-ring (bicyclic) bond motifs is 1. The molecular formula is C24H25FN2O3. The number of pyridine rings is 1. The Hall–Kier alpha value is -3.15. The highest BCUT2D eigenvalue weighted by molar-refractivity contribution is 6.07. The van der Waals surface area contributed by atoms with Gasteiger partial charge < -0.3 is 14.8 Å². The molecular weight excluding hydrogens is 383 g/mol. The minimum Gasteiger partial charge on any atom is -0.497 e. The van der Waals surface area contributed by atoms with Gasteiger partial charge in [-0.15, -0.1) is 0 Å². The minimum atomic E-state index is -0.397. The Morgan fingerprint density at radius 3 is 2.57 bits per heavy atom. The van der Waals surface area contributed by atoms with Crippen LogP contribution in [0.3, 0.4) is 0 Å². The number of aromatic nitrogens is 1. The van der Waals surface area contributed by atoms with E-state index in [2.05, 4.69) is 10.3 Å². The first kappa shape index (κ1) is 20.1. The summed E-state index contributed by atoms with van der Waals surface area (Å²) >= 11 is 0. The smallest absolute Gasteiger partial charge is 0.252 e. The number of nitrogens with zero attached hydrogens (tertiary/aromatic N) is 1. The number of rotatable bonds is 5. The van der Waals surface area contributed by atoms with E-state index in [0.29, 0.717) is 33.7 Å². The van der Waals surface area contributed by atoms with Gasteiger partial charge in [-0.3, -0.25) is 4.79 Å². The van der Waals surface area contributed by atoms with E-state index in [1.165, 1.54) is 18.6 Å². The summed E-state index contributed by atoms with van der Waals surface area (Å²) in [5.41, 5.74) is 2.29. The maximum Gasteiger partial charge on any atom is 0.252 e. The van der Waals surface area contributed by atoms with Gasteiger partial charge in [0.25, 0.3) is 5.91 Å². The Morgan fingerprint density at radius 2 is 1.83 bits per heavy atom. The molecule has 0 bridgehead atoms. The third-order valence-electron chi connectivity index (χ3n) is 5.64. The van der Waals surface area contributed by atoms with Crippen LogP contribution in [0.1, 0.15) is 42.5 Å². The third kappa shape index (κ3) is 4.08. The normalized spacial score (nSPS) is 14.5. The van der Waals surface area contributed by atoms with Crippen molar-refractivity contribution in [3.63, 3.8) is 0 Å². The zero-order valence-corrected chi connectivity index (χ0v) is 17.2. The molecule has 6 heteroatoms. The van der Waals surface area contributed by atoms with E-state index in [4.69, 9.17) is 9.47 Å². The van der Waals surface area contributed by atoms with E-state index in [9.17, 15) is 9.18 Å². The van der Waals surface area contributed by atoms with Crippen LogP contribution in [0.15, 0.2) is 42.5 Å². The Bertz CT molecular complexity index is 1080. The van der Waals surface area contributed by atoms with Gasteiger partial charge in [-0.25, -0.2) is 9.37 Å². The van der Waals surface area contributed by atoms with Gasteiger partial charge in [-0.2, -0.15) is 0 Å². The molecule has 3 aromatic rings. The minimum absolute atomic E-state index is 0.155. The average Bonchev–Trinajstić information content (AvgIpc) is 2.78. The molecule has 0 aliphatic heterocycles. The van der Waals surface area contributed by atoms with Crippen LogP contribution in [0, 0.1) is 5.82 Å². The monoisotopic (exact) mass is 408 g/mol. The highest BCUT2D eigenvalue weighted by atomic mass is 19.1. The molecule has 1 N–H and O–H groups in total. The van der Waals surface area contributed by atoms with Crippen molar-refractivity contribution in [1.82, 2.24) is 10.3 Å². The molecule has 1 amide bonds. The van der Waals surface area contributed by atoms with Crippen LogP contribution in [0.4, 0.5) is 4.39 Å². The molecule has 0 unspecified atom stereocenters. The molecule has 0 spiro atoms. The van der Waals surface area contributed by atoms with Crippen LogP contribution in [0.5, 0.6) is 11.5 Å². The third-order valence-corrected chi connectivity index (χ3v) is 5.64. The van der Waals surface area contributed by atoms with Crippen molar-refractivity contribution in [2.45, 2.75) is 38.1 Å². The Labute approximate surface area is 175 Å². The number of ether oxygens (including phenoxy) is 2. The van der Waals surface area contributed by atoms with Gasteiger partial charge in [-0.1, -0.05) is 19.3 Å². The molecule has 1 aliphatic carbocycles. The zero-order valence-electron chi connectivity index (χ0n) is 17.2. The topological polar surface area (TPSA) is 60.5 Å². The summed E-state index contributed by atoms with van der Waals surface area (Å²) in [5.74, 6) is 0.648. The molecule has 2 aromatic carbocycles. The number of hydrogen-bond donors (Lipinski definition) is 1. The Balaban J connectivity index is 1.81. The molecule has 30 heavy (non-hydrogen) atoms. The van der Waals surface area contributed by atoms with Crippen LogP contribution in [0.2, 0.25) is 0 Å². The van der Waals surface area contributed by atoms with Gasteiger partial charge in [0.1, 0.15) is 17.3 Å². The van der Waals surface area contributed by atoms with Crippen LogP contribution < -0.4 is 14.8 Å². The lowest BCUT2D eigenvalue weighted by Gasteiger charge is -2.23. The molecule has 0 radical (unpaired) electrons. The number of benzene rings is 2. The summed E-state index contributed by atoms with van der Waals surface area (Å²) in [6.45, 7) is 0. The van der Waals surface area contributed by atoms with Gasteiger partial charge in [0.05, 0.1) is 31.0 Å². The van der Waals surface area contributed by atoms with Crippen LogP contribution in [0.25, 0.3) is 22.2 Å². The molecule has 1 fully saturated rings. The maximum atomic E-state index is 14.0. The predicted octanol–water partition coefficient (Wildman–Crippen LogP) is 5.12. The van der Waals surface area contributed by atoms with E-state index in [-0.39, 0.29) is 11.9 Å². The molecule has 1 aliphatic rings. The lowest BCUT2D eigenvalue weighted by atomic mass is 9.95. The van der Waals surface area contributed by atoms with Gasteiger partial charge in [-0.05, 0) is 49.2 Å². The highest BCUT2D eigenvalue weighted by Crippen LogP contribution is 2.34. The fraction of sp³-hybridized carbons (Fsp3) is 0.333. The van der Waals surface area contributed by atoms with Gasteiger partial charge in [0.2, 0.25) is 0 Å². The quantitative estimate of drug-likeness (QED) is 0.637. The molecule has 0 atom stereocenters. The summed E-state index contributed by atoms with van der Waals surface area (Å²) in [4.78, 5) is 17.8. The second-order valence-corrected chi connectivity index (χ2v) is 7.59. The number of amides is 1. The first-order valence-electron chi connectivity index (χ1n) is 10.2. The van der Waals surface area contributed by atoms with Gasteiger partial charge in [0.15, 0.2) is 0 Å². The summed E-state index contributed by atoms with van der Waals surface area (Å²) < 4.78 is 24.8. The van der Waals surface area contributed by atoms with Crippen molar-refractivity contribution in [1.29, 1.82) is 0 Å². The molecule has 1 heterocycles. The summed E-state index contributed by atoms with van der Waals surface area (Å²) in [6.07, 6.45) is 5.39. The van der Waals surface area contributed by atoms with Crippen molar-refractivity contribution in [3.05, 3.63) is 53.8 Å². The van der Waals surface area contributed by atoms with Crippen molar-refractivity contribution < 1.29 is 18.7 Å². The fourth-order valence-corrected chi connectivity index (χ4v) is 4.04. The lowest BCUT2D eigenvalue weighted by molar-refractivity contribution is 0.0929.